The van der Waals surface area contributed by atoms with Crippen molar-refractivity contribution in [3.8, 4) is 0 Å². The highest BCUT2D eigenvalue weighted by Gasteiger charge is 2.16. The minimum Gasteiger partial charge on any atom is -0.399 e. The maximum absolute atomic E-state index is 12.2. The molecule has 3 heteroatoms. The van der Waals surface area contributed by atoms with E-state index in [1.165, 1.54) is 12.8 Å². The topological polar surface area (TPSA) is 46.3 Å². The fourth-order valence-electron chi connectivity index (χ4n) is 2.13. The lowest BCUT2D eigenvalue weighted by molar-refractivity contribution is 0.0761. The number of rotatable bonds is 1. The summed E-state index contributed by atoms with van der Waals surface area (Å²) in [4.78, 5) is 14.1. The molecule has 0 saturated carbocycles. The maximum atomic E-state index is 12.2. The molecule has 1 fully saturated rings. The molecule has 0 aliphatic carbocycles. The summed E-state index contributed by atoms with van der Waals surface area (Å²) >= 11 is 0. The molecule has 16 heavy (non-hydrogen) atoms. The Kier molecular flexibility index (Phi) is 3.44. The van der Waals surface area contributed by atoms with E-state index in [-0.39, 0.29) is 5.91 Å². The Morgan fingerprint density at radius 2 is 1.81 bits per heavy atom. The van der Waals surface area contributed by atoms with Crippen LogP contribution >= 0.6 is 0 Å². The second-order valence-electron chi connectivity index (χ2n) is 4.33. The average Bonchev–Trinajstić information content (AvgIpc) is 2.56. The Labute approximate surface area is 96.2 Å². The molecule has 1 aromatic carbocycles. The molecule has 1 aromatic rings. The van der Waals surface area contributed by atoms with Gasteiger partial charge in [0.25, 0.3) is 5.91 Å². The van der Waals surface area contributed by atoms with Crippen molar-refractivity contribution in [1.82, 2.24) is 4.90 Å². The molecular formula is C13H18N2O. The number of benzene rings is 1. The van der Waals surface area contributed by atoms with Crippen LogP contribution in [0.1, 0.15) is 36.0 Å². The highest BCUT2D eigenvalue weighted by molar-refractivity contribution is 5.95. The Morgan fingerprint density at radius 1 is 1.12 bits per heavy atom. The zero-order chi connectivity index (χ0) is 11.4. The second-order valence-corrected chi connectivity index (χ2v) is 4.33. The molecule has 0 spiro atoms. The van der Waals surface area contributed by atoms with Crippen LogP contribution in [0.4, 0.5) is 5.69 Å². The molecule has 0 radical (unpaired) electrons. The number of hydrogen-bond donors (Lipinski definition) is 1. The number of carbonyl (C=O) groups is 1. The van der Waals surface area contributed by atoms with E-state index in [0.29, 0.717) is 11.3 Å². The first-order valence-electron chi connectivity index (χ1n) is 5.92. The minimum absolute atomic E-state index is 0.120. The van der Waals surface area contributed by atoms with Crippen LogP contribution in [0.15, 0.2) is 24.3 Å². The van der Waals surface area contributed by atoms with E-state index in [2.05, 4.69) is 0 Å². The second kappa shape index (κ2) is 5.01. The summed E-state index contributed by atoms with van der Waals surface area (Å²) < 4.78 is 0. The van der Waals surface area contributed by atoms with Crippen molar-refractivity contribution in [2.24, 2.45) is 0 Å². The number of hydrogen-bond acceptors (Lipinski definition) is 2. The van der Waals surface area contributed by atoms with E-state index in [1.807, 2.05) is 17.0 Å². The van der Waals surface area contributed by atoms with Gasteiger partial charge in [-0.25, -0.2) is 0 Å². The van der Waals surface area contributed by atoms with Gasteiger partial charge in [0.15, 0.2) is 0 Å². The molecular weight excluding hydrogens is 200 g/mol. The Balaban J connectivity index is 2.11. The SMILES string of the molecule is Nc1cccc(C(=O)N2CCCCCC2)c1. The third-order valence-electron chi connectivity index (χ3n) is 3.03. The largest absolute Gasteiger partial charge is 0.399 e. The summed E-state index contributed by atoms with van der Waals surface area (Å²) in [5.41, 5.74) is 7.05. The monoisotopic (exact) mass is 218 g/mol. The van der Waals surface area contributed by atoms with Crippen LogP contribution in [0.5, 0.6) is 0 Å². The molecule has 0 atom stereocenters. The lowest BCUT2D eigenvalue weighted by Crippen LogP contribution is -2.31. The summed E-state index contributed by atoms with van der Waals surface area (Å²) in [6.07, 6.45) is 4.71. The molecule has 1 aliphatic heterocycles. The predicted octanol–water partition coefficient (Wildman–Crippen LogP) is 2.29. The lowest BCUT2D eigenvalue weighted by atomic mass is 10.1. The number of likely N-dealkylation sites (tertiary alicyclic amines) is 1. The molecule has 86 valence electrons. The summed E-state index contributed by atoms with van der Waals surface area (Å²) in [6, 6.07) is 7.23. The Hall–Kier alpha value is -1.51. The van der Waals surface area contributed by atoms with Crippen LogP contribution in [-0.4, -0.2) is 23.9 Å². The Morgan fingerprint density at radius 3 is 2.44 bits per heavy atom. The van der Waals surface area contributed by atoms with Crippen molar-refractivity contribution in [1.29, 1.82) is 0 Å². The van der Waals surface area contributed by atoms with Crippen LogP contribution in [-0.2, 0) is 0 Å². The highest BCUT2D eigenvalue weighted by Crippen LogP contribution is 2.14. The fourth-order valence-corrected chi connectivity index (χ4v) is 2.13. The summed E-state index contributed by atoms with van der Waals surface area (Å²) in [6.45, 7) is 1.77. The zero-order valence-electron chi connectivity index (χ0n) is 9.48. The van der Waals surface area contributed by atoms with Crippen molar-refractivity contribution < 1.29 is 4.79 Å². The summed E-state index contributed by atoms with van der Waals surface area (Å²) in [5, 5.41) is 0. The van der Waals surface area contributed by atoms with Gasteiger partial charge in [0, 0.05) is 24.3 Å². The van der Waals surface area contributed by atoms with Gasteiger partial charge in [-0.1, -0.05) is 18.9 Å². The molecule has 2 N–H and O–H groups in total. The fraction of sp³-hybridized carbons (Fsp3) is 0.462. The first kappa shape index (κ1) is 11.0. The summed E-state index contributed by atoms with van der Waals surface area (Å²) in [7, 11) is 0. The van der Waals surface area contributed by atoms with E-state index in [0.717, 1.165) is 25.9 Å². The van der Waals surface area contributed by atoms with Crippen LogP contribution in [0.3, 0.4) is 0 Å². The Bertz CT molecular complexity index is 368. The molecule has 2 rings (SSSR count). The van der Waals surface area contributed by atoms with Crippen molar-refractivity contribution in [2.75, 3.05) is 18.8 Å². The first-order chi connectivity index (χ1) is 7.77. The van der Waals surface area contributed by atoms with Gasteiger partial charge in [0.1, 0.15) is 0 Å². The van der Waals surface area contributed by atoms with Gasteiger partial charge >= 0.3 is 0 Å². The lowest BCUT2D eigenvalue weighted by Gasteiger charge is -2.20. The van der Waals surface area contributed by atoms with E-state index >= 15 is 0 Å². The van der Waals surface area contributed by atoms with Gasteiger partial charge in [0.05, 0.1) is 0 Å². The quantitative estimate of drug-likeness (QED) is 0.735. The number of nitrogen functional groups attached to an aromatic ring is 1. The van der Waals surface area contributed by atoms with Crippen molar-refractivity contribution >= 4 is 11.6 Å². The van der Waals surface area contributed by atoms with Crippen molar-refractivity contribution in [3.63, 3.8) is 0 Å². The number of nitrogens with zero attached hydrogens (tertiary/aromatic N) is 1. The normalized spacial score (nSPS) is 16.9. The third kappa shape index (κ3) is 2.54. The van der Waals surface area contributed by atoms with Crippen LogP contribution in [0.25, 0.3) is 0 Å². The van der Waals surface area contributed by atoms with Gasteiger partial charge < -0.3 is 10.6 Å². The standard InChI is InChI=1S/C13H18N2O/c14-12-7-5-6-11(10-12)13(16)15-8-3-1-2-4-9-15/h5-7,10H,1-4,8-9,14H2. The molecule has 1 heterocycles. The molecule has 1 amide bonds. The van der Waals surface area contributed by atoms with Crippen LogP contribution in [0.2, 0.25) is 0 Å². The predicted molar refractivity (Wildman–Crippen MR) is 65.2 cm³/mol. The first-order valence-corrected chi connectivity index (χ1v) is 5.92. The van der Waals surface area contributed by atoms with E-state index < -0.39 is 0 Å². The summed E-state index contributed by atoms with van der Waals surface area (Å²) in [5.74, 6) is 0.120. The molecule has 1 saturated heterocycles. The van der Waals surface area contributed by atoms with Gasteiger partial charge in [0.2, 0.25) is 0 Å². The molecule has 0 unspecified atom stereocenters. The average molecular weight is 218 g/mol. The molecule has 1 aliphatic rings. The van der Waals surface area contributed by atoms with Gasteiger partial charge in [-0.2, -0.15) is 0 Å². The van der Waals surface area contributed by atoms with E-state index in [9.17, 15) is 4.79 Å². The van der Waals surface area contributed by atoms with Gasteiger partial charge in [-0.15, -0.1) is 0 Å². The molecule has 3 nitrogen and oxygen atoms in total. The minimum atomic E-state index is 0.120. The van der Waals surface area contributed by atoms with E-state index in [4.69, 9.17) is 5.73 Å². The van der Waals surface area contributed by atoms with Crippen molar-refractivity contribution in [3.05, 3.63) is 29.8 Å². The molecule has 0 aromatic heterocycles. The zero-order valence-corrected chi connectivity index (χ0v) is 9.48. The van der Waals surface area contributed by atoms with E-state index in [1.54, 1.807) is 12.1 Å². The maximum Gasteiger partial charge on any atom is 0.253 e. The number of carbonyl (C=O) groups excluding carboxylic acids is 1. The van der Waals surface area contributed by atoms with Crippen molar-refractivity contribution in [2.45, 2.75) is 25.7 Å². The number of amides is 1. The van der Waals surface area contributed by atoms with Crippen LogP contribution in [0, 0.1) is 0 Å². The third-order valence-corrected chi connectivity index (χ3v) is 3.03. The number of anilines is 1. The van der Waals surface area contributed by atoms with Gasteiger partial charge in [-0.3, -0.25) is 4.79 Å². The van der Waals surface area contributed by atoms with Gasteiger partial charge in [-0.05, 0) is 31.0 Å². The molecule has 0 bridgehead atoms. The number of nitrogens with two attached hydrogens (primary N) is 1. The van der Waals surface area contributed by atoms with Crippen LogP contribution < -0.4 is 5.73 Å². The highest BCUT2D eigenvalue weighted by atomic mass is 16.2. The smallest absolute Gasteiger partial charge is 0.253 e.